The summed E-state index contributed by atoms with van der Waals surface area (Å²) < 4.78 is 5.51. The Balaban J connectivity index is 2.10. The zero-order valence-electron chi connectivity index (χ0n) is 11.7. The van der Waals surface area contributed by atoms with Gasteiger partial charge in [0, 0.05) is 29.7 Å². The first kappa shape index (κ1) is 15.0. The maximum Gasteiger partial charge on any atom is 0.226 e. The fourth-order valence-electron chi connectivity index (χ4n) is 1.96. The van der Waals surface area contributed by atoms with Crippen LogP contribution in [0.25, 0.3) is 11.5 Å². The summed E-state index contributed by atoms with van der Waals surface area (Å²) in [5.41, 5.74) is 1.76. The molecule has 0 saturated heterocycles. The highest BCUT2D eigenvalue weighted by Gasteiger charge is 2.13. The van der Waals surface area contributed by atoms with Crippen LogP contribution in [-0.2, 0) is 6.54 Å². The Bertz CT molecular complexity index is 537. The molecule has 1 heterocycles. The summed E-state index contributed by atoms with van der Waals surface area (Å²) in [6, 6.07) is 7.73. The van der Waals surface area contributed by atoms with E-state index in [1.54, 1.807) is 6.26 Å². The molecule has 0 aliphatic carbocycles. The van der Waals surface area contributed by atoms with E-state index in [1.165, 1.54) is 0 Å². The lowest BCUT2D eigenvalue weighted by molar-refractivity contribution is 0.158. The fraction of sp³-hybridized carbons (Fsp3) is 0.400. The van der Waals surface area contributed by atoms with Crippen molar-refractivity contribution in [2.75, 3.05) is 13.2 Å². The molecular formula is C15H19ClN2O2. The summed E-state index contributed by atoms with van der Waals surface area (Å²) in [4.78, 5) is 6.62. The number of benzene rings is 1. The molecule has 0 spiro atoms. The van der Waals surface area contributed by atoms with Gasteiger partial charge in [0.1, 0.15) is 6.26 Å². The number of aliphatic hydroxyl groups excluding tert-OH is 1. The normalized spacial score (nSPS) is 11.5. The smallest absolute Gasteiger partial charge is 0.226 e. The SMILES string of the molecule is CC(C)N(CCO)Cc1coc(-c2ccc(Cl)cc2)n1. The van der Waals surface area contributed by atoms with Crippen LogP contribution in [0.15, 0.2) is 34.9 Å². The fourth-order valence-corrected chi connectivity index (χ4v) is 2.09. The molecule has 0 aliphatic rings. The van der Waals surface area contributed by atoms with Crippen LogP contribution in [0.3, 0.4) is 0 Å². The standard InChI is InChI=1S/C15H19ClN2O2/c1-11(2)18(7-8-19)9-14-10-20-15(17-14)12-3-5-13(16)6-4-12/h3-6,10-11,19H,7-9H2,1-2H3. The first-order chi connectivity index (χ1) is 9.60. The molecule has 5 heteroatoms. The molecular weight excluding hydrogens is 276 g/mol. The van der Waals surface area contributed by atoms with E-state index in [-0.39, 0.29) is 6.61 Å². The van der Waals surface area contributed by atoms with Crippen molar-refractivity contribution in [3.05, 3.63) is 41.2 Å². The molecule has 0 unspecified atom stereocenters. The van der Waals surface area contributed by atoms with E-state index in [1.807, 2.05) is 24.3 Å². The average molecular weight is 295 g/mol. The average Bonchev–Trinajstić information content (AvgIpc) is 2.87. The molecule has 2 aromatic rings. The molecule has 1 aromatic heterocycles. The number of nitrogens with zero attached hydrogens (tertiary/aromatic N) is 2. The largest absolute Gasteiger partial charge is 0.444 e. The summed E-state index contributed by atoms with van der Waals surface area (Å²) in [6.07, 6.45) is 1.66. The highest BCUT2D eigenvalue weighted by atomic mass is 35.5. The van der Waals surface area contributed by atoms with Gasteiger partial charge in [0.05, 0.1) is 12.3 Å². The third kappa shape index (κ3) is 3.82. The third-order valence-corrected chi connectivity index (χ3v) is 3.38. The lowest BCUT2D eigenvalue weighted by Crippen LogP contribution is -2.33. The second-order valence-electron chi connectivity index (χ2n) is 4.94. The minimum Gasteiger partial charge on any atom is -0.444 e. The van der Waals surface area contributed by atoms with Crippen LogP contribution in [0.2, 0.25) is 5.02 Å². The van der Waals surface area contributed by atoms with E-state index in [9.17, 15) is 0 Å². The second kappa shape index (κ2) is 6.88. The molecule has 108 valence electrons. The molecule has 0 aliphatic heterocycles. The topological polar surface area (TPSA) is 49.5 Å². The van der Waals surface area contributed by atoms with Crippen molar-refractivity contribution >= 4 is 11.6 Å². The van der Waals surface area contributed by atoms with Crippen molar-refractivity contribution in [2.45, 2.75) is 26.4 Å². The molecule has 2 rings (SSSR count). The van der Waals surface area contributed by atoms with Crippen molar-refractivity contribution in [2.24, 2.45) is 0 Å². The third-order valence-electron chi connectivity index (χ3n) is 3.13. The first-order valence-electron chi connectivity index (χ1n) is 6.65. The number of hydrogen-bond donors (Lipinski definition) is 1. The van der Waals surface area contributed by atoms with Gasteiger partial charge in [0.2, 0.25) is 5.89 Å². The minimum atomic E-state index is 0.139. The van der Waals surface area contributed by atoms with Crippen LogP contribution >= 0.6 is 11.6 Å². The maximum atomic E-state index is 9.07. The van der Waals surface area contributed by atoms with Crippen molar-refractivity contribution in [1.82, 2.24) is 9.88 Å². The molecule has 0 bridgehead atoms. The Labute approximate surface area is 124 Å². The summed E-state index contributed by atoms with van der Waals surface area (Å²) in [6.45, 7) is 5.61. The van der Waals surface area contributed by atoms with Gasteiger partial charge >= 0.3 is 0 Å². The van der Waals surface area contributed by atoms with Gasteiger partial charge in [0.25, 0.3) is 0 Å². The predicted octanol–water partition coefficient (Wildman–Crippen LogP) is 3.20. The van der Waals surface area contributed by atoms with Crippen LogP contribution in [0.5, 0.6) is 0 Å². The maximum absolute atomic E-state index is 9.07. The van der Waals surface area contributed by atoms with Gasteiger partial charge in [0.15, 0.2) is 0 Å². The molecule has 0 atom stereocenters. The van der Waals surface area contributed by atoms with E-state index < -0.39 is 0 Å². The van der Waals surface area contributed by atoms with Crippen LogP contribution < -0.4 is 0 Å². The van der Waals surface area contributed by atoms with E-state index >= 15 is 0 Å². The predicted molar refractivity (Wildman–Crippen MR) is 79.6 cm³/mol. The minimum absolute atomic E-state index is 0.139. The Morgan fingerprint density at radius 3 is 2.60 bits per heavy atom. The van der Waals surface area contributed by atoms with Crippen LogP contribution in [0.1, 0.15) is 19.5 Å². The monoisotopic (exact) mass is 294 g/mol. The number of aromatic nitrogens is 1. The summed E-state index contributed by atoms with van der Waals surface area (Å²) in [5.74, 6) is 0.587. The Kier molecular flexibility index (Phi) is 5.17. The lowest BCUT2D eigenvalue weighted by atomic mass is 10.2. The van der Waals surface area contributed by atoms with Gasteiger partial charge in [-0.2, -0.15) is 0 Å². The molecule has 20 heavy (non-hydrogen) atoms. The van der Waals surface area contributed by atoms with Gasteiger partial charge in [-0.25, -0.2) is 4.98 Å². The van der Waals surface area contributed by atoms with Crippen molar-refractivity contribution in [1.29, 1.82) is 0 Å². The van der Waals surface area contributed by atoms with Crippen molar-refractivity contribution in [3.8, 4) is 11.5 Å². The van der Waals surface area contributed by atoms with Crippen LogP contribution in [0, 0.1) is 0 Å². The first-order valence-corrected chi connectivity index (χ1v) is 7.03. The van der Waals surface area contributed by atoms with E-state index in [2.05, 4.69) is 23.7 Å². The summed E-state index contributed by atoms with van der Waals surface area (Å²) in [5, 5.41) is 9.76. The number of halogens is 1. The summed E-state index contributed by atoms with van der Waals surface area (Å²) >= 11 is 5.86. The molecule has 0 fully saturated rings. The molecule has 0 radical (unpaired) electrons. The molecule has 0 amide bonds. The molecule has 4 nitrogen and oxygen atoms in total. The molecule has 1 N–H and O–H groups in total. The Morgan fingerprint density at radius 1 is 1.30 bits per heavy atom. The number of hydrogen-bond acceptors (Lipinski definition) is 4. The highest BCUT2D eigenvalue weighted by molar-refractivity contribution is 6.30. The van der Waals surface area contributed by atoms with Crippen LogP contribution in [0.4, 0.5) is 0 Å². The zero-order valence-corrected chi connectivity index (χ0v) is 12.5. The zero-order chi connectivity index (χ0) is 14.5. The van der Waals surface area contributed by atoms with Crippen LogP contribution in [-0.4, -0.2) is 34.2 Å². The van der Waals surface area contributed by atoms with Gasteiger partial charge < -0.3 is 9.52 Å². The summed E-state index contributed by atoms with van der Waals surface area (Å²) in [7, 11) is 0. The Morgan fingerprint density at radius 2 is 2.00 bits per heavy atom. The highest BCUT2D eigenvalue weighted by Crippen LogP contribution is 2.21. The lowest BCUT2D eigenvalue weighted by Gasteiger charge is -2.24. The van der Waals surface area contributed by atoms with Gasteiger partial charge in [-0.15, -0.1) is 0 Å². The molecule has 1 aromatic carbocycles. The quantitative estimate of drug-likeness (QED) is 0.889. The number of rotatable bonds is 6. The molecule has 0 saturated carbocycles. The van der Waals surface area contributed by atoms with Gasteiger partial charge in [-0.1, -0.05) is 11.6 Å². The van der Waals surface area contributed by atoms with Gasteiger partial charge in [-0.05, 0) is 38.1 Å². The van der Waals surface area contributed by atoms with E-state index in [4.69, 9.17) is 21.1 Å². The second-order valence-corrected chi connectivity index (χ2v) is 5.38. The van der Waals surface area contributed by atoms with Gasteiger partial charge in [-0.3, -0.25) is 4.90 Å². The number of oxazole rings is 1. The number of aliphatic hydroxyl groups is 1. The van der Waals surface area contributed by atoms with E-state index in [0.29, 0.717) is 30.0 Å². The van der Waals surface area contributed by atoms with E-state index in [0.717, 1.165) is 11.3 Å². The van der Waals surface area contributed by atoms with Crippen molar-refractivity contribution < 1.29 is 9.52 Å². The Hall–Kier alpha value is -1.36. The van der Waals surface area contributed by atoms with Crippen molar-refractivity contribution in [3.63, 3.8) is 0 Å².